The van der Waals surface area contributed by atoms with Gasteiger partial charge in [0.1, 0.15) is 5.84 Å². The molecule has 0 saturated carbocycles. The number of rotatable bonds is 7. The number of benzene rings is 1. The number of carbonyl (C=O) groups excluding carboxylic acids is 1. The number of hydrogen-bond acceptors (Lipinski definition) is 6. The Bertz CT molecular complexity index is 1010. The van der Waals surface area contributed by atoms with E-state index < -0.39 is 12.2 Å². The Hall–Kier alpha value is -3.01. The second kappa shape index (κ2) is 9.64. The van der Waals surface area contributed by atoms with Crippen LogP contribution in [0.4, 0.5) is 8.78 Å². The van der Waals surface area contributed by atoms with Gasteiger partial charge in [-0.3, -0.25) is 14.8 Å². The van der Waals surface area contributed by atoms with Crippen LogP contribution >= 0.6 is 0 Å². The summed E-state index contributed by atoms with van der Waals surface area (Å²) in [5.41, 5.74) is 6.65. The van der Waals surface area contributed by atoms with Crippen molar-refractivity contribution in [1.29, 1.82) is 5.41 Å². The molecule has 10 heteroatoms. The number of nitrogens with two attached hydrogens (primary N) is 1. The Labute approximate surface area is 184 Å². The summed E-state index contributed by atoms with van der Waals surface area (Å²) in [5, 5.41) is 8.24. The molecule has 4 rings (SSSR count). The number of allylic oxidation sites excluding steroid dienone is 1. The van der Waals surface area contributed by atoms with Crippen molar-refractivity contribution in [3.8, 4) is 0 Å². The SMILES string of the molecule is N=C(C=C(N)OCC1CN(C(=O)CC2CCOCC2)C1)n1c(C(F)F)nc2ccccc21. The average molecular weight is 447 g/mol. The van der Waals surface area contributed by atoms with E-state index in [2.05, 4.69) is 4.98 Å². The minimum Gasteiger partial charge on any atom is -0.479 e. The molecule has 0 radical (unpaired) electrons. The zero-order valence-corrected chi connectivity index (χ0v) is 17.7. The predicted octanol–water partition coefficient (Wildman–Crippen LogP) is 2.89. The highest BCUT2D eigenvalue weighted by Crippen LogP contribution is 2.25. The van der Waals surface area contributed by atoms with Crippen LogP contribution in [0, 0.1) is 17.2 Å². The second-order valence-corrected chi connectivity index (χ2v) is 8.26. The molecule has 0 atom stereocenters. The van der Waals surface area contributed by atoms with Crippen LogP contribution in [0.15, 0.2) is 36.2 Å². The van der Waals surface area contributed by atoms with Crippen LogP contribution in [0.1, 0.15) is 31.5 Å². The quantitative estimate of drug-likeness (QED) is 0.386. The van der Waals surface area contributed by atoms with Gasteiger partial charge in [0.2, 0.25) is 5.91 Å². The van der Waals surface area contributed by atoms with E-state index in [1.54, 1.807) is 24.3 Å². The number of nitrogens with one attached hydrogen (secondary N) is 1. The van der Waals surface area contributed by atoms with Crippen LogP contribution in [0.3, 0.4) is 0 Å². The molecule has 2 saturated heterocycles. The van der Waals surface area contributed by atoms with E-state index in [9.17, 15) is 13.6 Å². The first-order valence-electron chi connectivity index (χ1n) is 10.7. The maximum absolute atomic E-state index is 13.4. The van der Waals surface area contributed by atoms with E-state index >= 15 is 0 Å². The van der Waals surface area contributed by atoms with Crippen molar-refractivity contribution in [2.24, 2.45) is 17.6 Å². The summed E-state index contributed by atoms with van der Waals surface area (Å²) in [5.74, 6) is -0.106. The van der Waals surface area contributed by atoms with Crippen LogP contribution in [-0.2, 0) is 14.3 Å². The lowest BCUT2D eigenvalue weighted by Gasteiger charge is -2.40. The minimum absolute atomic E-state index is 0.0417. The summed E-state index contributed by atoms with van der Waals surface area (Å²) in [6.07, 6.45) is 0.782. The van der Waals surface area contributed by atoms with Gasteiger partial charge in [0.15, 0.2) is 11.7 Å². The molecule has 1 amide bonds. The van der Waals surface area contributed by atoms with Crippen molar-refractivity contribution in [3.05, 3.63) is 42.0 Å². The van der Waals surface area contributed by atoms with Gasteiger partial charge in [-0.1, -0.05) is 12.1 Å². The summed E-state index contributed by atoms with van der Waals surface area (Å²) >= 11 is 0. The number of ether oxygens (including phenoxy) is 2. The number of fused-ring (bicyclic) bond motifs is 1. The fraction of sp³-hybridized carbons (Fsp3) is 0.500. The van der Waals surface area contributed by atoms with Crippen molar-refractivity contribution in [2.45, 2.75) is 25.7 Å². The third-order valence-electron chi connectivity index (χ3n) is 5.90. The summed E-state index contributed by atoms with van der Waals surface area (Å²) < 4.78 is 38.8. The Balaban J connectivity index is 1.29. The molecule has 3 N–H and O–H groups in total. The lowest BCUT2D eigenvalue weighted by Crippen LogP contribution is -2.52. The first-order chi connectivity index (χ1) is 15.4. The number of carbonyl (C=O) groups is 1. The Morgan fingerprint density at radius 2 is 2.00 bits per heavy atom. The van der Waals surface area contributed by atoms with Crippen LogP contribution in [0.2, 0.25) is 0 Å². The first-order valence-corrected chi connectivity index (χ1v) is 10.7. The molecule has 2 aliphatic heterocycles. The van der Waals surface area contributed by atoms with E-state index in [4.69, 9.17) is 20.6 Å². The maximum atomic E-state index is 13.4. The van der Waals surface area contributed by atoms with Crippen LogP contribution in [0.5, 0.6) is 0 Å². The van der Waals surface area contributed by atoms with E-state index in [0.29, 0.717) is 43.1 Å². The highest BCUT2D eigenvalue weighted by Gasteiger charge is 2.32. The van der Waals surface area contributed by atoms with Gasteiger partial charge in [0, 0.05) is 44.7 Å². The number of alkyl halides is 2. The molecule has 1 aromatic heterocycles. The normalized spacial score (nSPS) is 18.2. The molecule has 8 nitrogen and oxygen atoms in total. The van der Waals surface area contributed by atoms with Gasteiger partial charge in [-0.15, -0.1) is 0 Å². The third kappa shape index (κ3) is 4.90. The molecule has 0 aliphatic carbocycles. The number of para-hydroxylation sites is 2. The third-order valence-corrected chi connectivity index (χ3v) is 5.90. The lowest BCUT2D eigenvalue weighted by molar-refractivity contribution is -0.140. The lowest BCUT2D eigenvalue weighted by atomic mass is 9.93. The van der Waals surface area contributed by atoms with Crippen LogP contribution < -0.4 is 5.73 Å². The van der Waals surface area contributed by atoms with Crippen LogP contribution in [0.25, 0.3) is 11.0 Å². The molecule has 0 bridgehead atoms. The van der Waals surface area contributed by atoms with E-state index in [0.717, 1.165) is 30.6 Å². The number of imidazole rings is 1. The van der Waals surface area contributed by atoms with Gasteiger partial charge in [-0.25, -0.2) is 13.8 Å². The number of halogens is 2. The van der Waals surface area contributed by atoms with E-state index in [-0.39, 0.29) is 23.5 Å². The first kappa shape index (κ1) is 22.2. The number of nitrogens with zero attached hydrogens (tertiary/aromatic N) is 3. The fourth-order valence-corrected chi connectivity index (χ4v) is 4.10. The summed E-state index contributed by atoms with van der Waals surface area (Å²) in [7, 11) is 0. The highest BCUT2D eigenvalue weighted by atomic mass is 19.3. The van der Waals surface area contributed by atoms with Crippen molar-refractivity contribution in [2.75, 3.05) is 32.9 Å². The van der Waals surface area contributed by atoms with E-state index in [1.165, 1.54) is 6.08 Å². The zero-order chi connectivity index (χ0) is 22.7. The topological polar surface area (TPSA) is 106 Å². The van der Waals surface area contributed by atoms with Gasteiger partial charge in [0.05, 0.1) is 17.6 Å². The molecular weight excluding hydrogens is 420 g/mol. The molecule has 2 fully saturated rings. The largest absolute Gasteiger partial charge is 0.479 e. The fourth-order valence-electron chi connectivity index (χ4n) is 4.10. The number of likely N-dealkylation sites (tertiary alicyclic amines) is 1. The minimum atomic E-state index is -2.84. The Morgan fingerprint density at radius 3 is 2.72 bits per heavy atom. The maximum Gasteiger partial charge on any atom is 0.296 e. The average Bonchev–Trinajstić information content (AvgIpc) is 3.13. The van der Waals surface area contributed by atoms with Gasteiger partial charge >= 0.3 is 0 Å². The number of amides is 1. The summed E-state index contributed by atoms with van der Waals surface area (Å²) in [6, 6.07) is 6.62. The van der Waals surface area contributed by atoms with E-state index in [1.807, 2.05) is 4.90 Å². The smallest absolute Gasteiger partial charge is 0.296 e. The Kier molecular flexibility index (Phi) is 6.69. The molecule has 1 aromatic carbocycles. The molecule has 172 valence electrons. The van der Waals surface area contributed by atoms with Gasteiger partial charge in [-0.2, -0.15) is 0 Å². The molecule has 0 unspecified atom stereocenters. The van der Waals surface area contributed by atoms with Gasteiger partial charge < -0.3 is 20.1 Å². The van der Waals surface area contributed by atoms with Gasteiger partial charge in [0.25, 0.3) is 6.43 Å². The van der Waals surface area contributed by atoms with Crippen molar-refractivity contribution in [3.63, 3.8) is 0 Å². The second-order valence-electron chi connectivity index (χ2n) is 8.26. The highest BCUT2D eigenvalue weighted by molar-refractivity contribution is 5.99. The van der Waals surface area contributed by atoms with Crippen molar-refractivity contribution >= 4 is 22.8 Å². The molecule has 2 aromatic rings. The molecule has 3 heterocycles. The molecule has 32 heavy (non-hydrogen) atoms. The Morgan fingerprint density at radius 1 is 1.28 bits per heavy atom. The molecule has 2 aliphatic rings. The van der Waals surface area contributed by atoms with Crippen molar-refractivity contribution < 1.29 is 23.0 Å². The zero-order valence-electron chi connectivity index (χ0n) is 17.7. The standard InChI is InChI=1S/C22H27F2N5O3/c23-21(24)22-27-16-3-1-2-4-17(16)29(22)18(25)10-19(26)32-13-15-11-28(12-15)20(30)9-14-5-7-31-8-6-14/h1-4,10,14-15,21,25H,5-9,11-13,26H2. The van der Waals surface area contributed by atoms with Crippen molar-refractivity contribution in [1.82, 2.24) is 14.5 Å². The molecule has 0 spiro atoms. The predicted molar refractivity (Wildman–Crippen MR) is 114 cm³/mol. The monoisotopic (exact) mass is 447 g/mol. The van der Waals surface area contributed by atoms with Gasteiger partial charge in [-0.05, 0) is 30.9 Å². The summed E-state index contributed by atoms with van der Waals surface area (Å²) in [4.78, 5) is 18.1. The number of hydrogen-bond donors (Lipinski definition) is 2. The molecular formula is C22H27F2N5O3. The number of aromatic nitrogens is 2. The summed E-state index contributed by atoms with van der Waals surface area (Å²) in [6.45, 7) is 2.96. The van der Waals surface area contributed by atoms with Crippen LogP contribution in [-0.4, -0.2) is 59.1 Å².